The van der Waals surface area contributed by atoms with Gasteiger partial charge in [0.05, 0.1) is 5.75 Å². The monoisotopic (exact) mass is 331 g/mol. The number of thioether (sulfide) groups is 1. The van der Waals surface area contributed by atoms with Gasteiger partial charge in [-0.2, -0.15) is 0 Å². The number of nitrogens with one attached hydrogen (secondary N) is 1. The summed E-state index contributed by atoms with van der Waals surface area (Å²) in [6.45, 7) is 4.37. The van der Waals surface area contributed by atoms with Crippen molar-refractivity contribution in [3.63, 3.8) is 0 Å². The van der Waals surface area contributed by atoms with Crippen molar-refractivity contribution in [1.82, 2.24) is 10.2 Å². The molecule has 122 valence electrons. The maximum atomic E-state index is 12.0. The molecule has 6 heteroatoms. The van der Waals surface area contributed by atoms with Crippen LogP contribution < -0.4 is 5.32 Å². The van der Waals surface area contributed by atoms with E-state index in [-0.39, 0.29) is 11.7 Å². The zero-order valence-corrected chi connectivity index (χ0v) is 14.2. The molecule has 1 saturated carbocycles. The summed E-state index contributed by atoms with van der Waals surface area (Å²) < 4.78 is 5.52. The summed E-state index contributed by atoms with van der Waals surface area (Å²) in [4.78, 5) is 12.0. The topological polar surface area (TPSA) is 68.0 Å². The van der Waals surface area contributed by atoms with Crippen molar-refractivity contribution in [2.45, 2.75) is 50.2 Å². The predicted octanol–water partition coefficient (Wildman–Crippen LogP) is 4.19. The van der Waals surface area contributed by atoms with Crippen LogP contribution in [-0.2, 0) is 4.79 Å². The number of amides is 1. The molecule has 0 aliphatic heterocycles. The van der Waals surface area contributed by atoms with E-state index in [1.165, 1.54) is 17.3 Å². The molecular weight excluding hydrogens is 310 g/mol. The van der Waals surface area contributed by atoms with Gasteiger partial charge in [-0.25, -0.2) is 0 Å². The molecule has 1 aliphatic rings. The Kier molecular flexibility index (Phi) is 5.00. The van der Waals surface area contributed by atoms with Gasteiger partial charge in [0.25, 0.3) is 5.22 Å². The highest BCUT2D eigenvalue weighted by Gasteiger charge is 2.29. The van der Waals surface area contributed by atoms with Crippen LogP contribution in [0, 0.1) is 0 Å². The number of rotatable bonds is 7. The highest BCUT2D eigenvalue weighted by atomic mass is 32.2. The van der Waals surface area contributed by atoms with Crippen LogP contribution in [0.3, 0.4) is 0 Å². The minimum absolute atomic E-state index is 0.0718. The Hall–Kier alpha value is -1.82. The minimum atomic E-state index is -0.0718. The summed E-state index contributed by atoms with van der Waals surface area (Å²) in [5.74, 6) is 1.87. The molecule has 0 saturated heterocycles. The molecule has 1 amide bonds. The third kappa shape index (κ3) is 4.34. The predicted molar refractivity (Wildman–Crippen MR) is 90.8 cm³/mol. The molecule has 23 heavy (non-hydrogen) atoms. The van der Waals surface area contributed by atoms with Crippen LogP contribution in [0.5, 0.6) is 0 Å². The van der Waals surface area contributed by atoms with Crippen molar-refractivity contribution in [3.8, 4) is 0 Å². The van der Waals surface area contributed by atoms with E-state index in [2.05, 4.69) is 41.5 Å². The van der Waals surface area contributed by atoms with Gasteiger partial charge in [-0.1, -0.05) is 37.7 Å². The number of aromatic nitrogens is 2. The highest BCUT2D eigenvalue weighted by Crippen LogP contribution is 2.39. The number of nitrogens with zero attached hydrogens (tertiary/aromatic N) is 2. The Balaban J connectivity index is 1.48. The first-order valence-electron chi connectivity index (χ1n) is 8.01. The van der Waals surface area contributed by atoms with E-state index in [0.717, 1.165) is 24.9 Å². The lowest BCUT2D eigenvalue weighted by atomic mass is 9.99. The molecular formula is C17H21N3O2S. The van der Waals surface area contributed by atoms with Crippen molar-refractivity contribution in [2.24, 2.45) is 0 Å². The third-order valence-corrected chi connectivity index (χ3v) is 4.87. The van der Waals surface area contributed by atoms with E-state index < -0.39 is 0 Å². The smallest absolute Gasteiger partial charge is 0.277 e. The van der Waals surface area contributed by atoms with E-state index in [1.54, 1.807) is 0 Å². The summed E-state index contributed by atoms with van der Waals surface area (Å²) >= 11 is 1.27. The Morgan fingerprint density at radius 2 is 2.09 bits per heavy atom. The zero-order chi connectivity index (χ0) is 16.2. The van der Waals surface area contributed by atoms with E-state index >= 15 is 0 Å². The number of benzene rings is 1. The Morgan fingerprint density at radius 3 is 2.74 bits per heavy atom. The van der Waals surface area contributed by atoms with Crippen molar-refractivity contribution < 1.29 is 9.21 Å². The largest absolute Gasteiger partial charge is 0.416 e. The second kappa shape index (κ2) is 7.17. The number of anilines is 1. The first kappa shape index (κ1) is 16.1. The van der Waals surface area contributed by atoms with E-state index in [9.17, 15) is 4.79 Å². The number of carbonyl (C=O) groups is 1. The zero-order valence-electron chi connectivity index (χ0n) is 13.4. The normalized spacial score (nSPS) is 15.4. The van der Waals surface area contributed by atoms with E-state index in [4.69, 9.17) is 4.42 Å². The van der Waals surface area contributed by atoms with Gasteiger partial charge >= 0.3 is 0 Å². The van der Waals surface area contributed by atoms with Crippen LogP contribution in [0.1, 0.15) is 56.4 Å². The second-order valence-corrected chi connectivity index (χ2v) is 6.88. The Morgan fingerprint density at radius 1 is 1.35 bits per heavy atom. The van der Waals surface area contributed by atoms with Gasteiger partial charge in [0.1, 0.15) is 0 Å². The Bertz CT molecular complexity index is 665. The molecule has 5 nitrogen and oxygen atoms in total. The van der Waals surface area contributed by atoms with E-state index in [1.807, 2.05) is 12.1 Å². The fourth-order valence-electron chi connectivity index (χ4n) is 2.23. The molecule has 0 radical (unpaired) electrons. The molecule has 0 bridgehead atoms. The maximum absolute atomic E-state index is 12.0. The lowest BCUT2D eigenvalue weighted by Crippen LogP contribution is -2.14. The molecule has 1 fully saturated rings. The quantitative estimate of drug-likeness (QED) is 0.770. The summed E-state index contributed by atoms with van der Waals surface area (Å²) in [6, 6.07) is 8.03. The number of hydrogen-bond donors (Lipinski definition) is 1. The first-order valence-corrected chi connectivity index (χ1v) is 9.00. The van der Waals surface area contributed by atoms with Crippen molar-refractivity contribution in [2.75, 3.05) is 11.1 Å². The maximum Gasteiger partial charge on any atom is 0.277 e. The highest BCUT2D eigenvalue weighted by molar-refractivity contribution is 7.99. The van der Waals surface area contributed by atoms with Crippen LogP contribution in [-0.4, -0.2) is 21.9 Å². The van der Waals surface area contributed by atoms with Crippen LogP contribution >= 0.6 is 11.8 Å². The third-order valence-electron chi connectivity index (χ3n) is 4.05. The molecule has 3 rings (SSSR count). The molecule has 1 aromatic carbocycles. The van der Waals surface area contributed by atoms with Gasteiger partial charge in [0, 0.05) is 11.6 Å². The standard InChI is InChI=1S/C17H21N3O2S/c1-3-11(2)12-6-8-14(9-7-12)18-15(21)10-23-17-20-19-16(22-17)13-4-5-13/h6-9,11,13H,3-5,10H2,1-2H3,(H,18,21)/t11-/m0/s1. The Labute approximate surface area is 140 Å². The summed E-state index contributed by atoms with van der Waals surface area (Å²) in [6.07, 6.45) is 3.36. The van der Waals surface area contributed by atoms with Crippen LogP contribution in [0.25, 0.3) is 0 Å². The van der Waals surface area contributed by atoms with Gasteiger partial charge in [-0.3, -0.25) is 4.79 Å². The van der Waals surface area contributed by atoms with Gasteiger partial charge < -0.3 is 9.73 Å². The molecule has 1 N–H and O–H groups in total. The fourth-order valence-corrected chi connectivity index (χ4v) is 2.80. The SMILES string of the molecule is CC[C@H](C)c1ccc(NC(=O)CSc2nnc(C3CC3)o2)cc1. The molecule has 0 unspecified atom stereocenters. The van der Waals surface area contributed by atoms with Crippen LogP contribution in [0.15, 0.2) is 33.9 Å². The summed E-state index contributed by atoms with van der Waals surface area (Å²) in [7, 11) is 0. The van der Waals surface area contributed by atoms with Crippen molar-refractivity contribution >= 4 is 23.4 Å². The summed E-state index contributed by atoms with van der Waals surface area (Å²) in [5.41, 5.74) is 2.10. The molecule has 1 aliphatic carbocycles. The minimum Gasteiger partial charge on any atom is -0.416 e. The van der Waals surface area contributed by atoms with Gasteiger partial charge in [-0.05, 0) is 42.9 Å². The van der Waals surface area contributed by atoms with Crippen molar-refractivity contribution in [3.05, 3.63) is 35.7 Å². The lowest BCUT2D eigenvalue weighted by Gasteiger charge is -2.10. The molecule has 2 aromatic rings. The van der Waals surface area contributed by atoms with Crippen molar-refractivity contribution in [1.29, 1.82) is 0 Å². The molecule has 1 atom stereocenters. The van der Waals surface area contributed by atoms with Gasteiger partial charge in [0.15, 0.2) is 0 Å². The average Bonchev–Trinajstić information content (AvgIpc) is 3.31. The van der Waals surface area contributed by atoms with E-state index in [0.29, 0.717) is 22.9 Å². The fraction of sp³-hybridized carbons (Fsp3) is 0.471. The number of hydrogen-bond acceptors (Lipinski definition) is 5. The van der Waals surface area contributed by atoms with Gasteiger partial charge in [-0.15, -0.1) is 10.2 Å². The van der Waals surface area contributed by atoms with Crippen LogP contribution in [0.4, 0.5) is 5.69 Å². The molecule has 1 aromatic heterocycles. The second-order valence-electron chi connectivity index (χ2n) is 5.95. The number of carbonyl (C=O) groups excluding carboxylic acids is 1. The lowest BCUT2D eigenvalue weighted by molar-refractivity contribution is -0.113. The molecule has 0 spiro atoms. The molecule has 1 heterocycles. The van der Waals surface area contributed by atoms with Crippen LogP contribution in [0.2, 0.25) is 0 Å². The van der Waals surface area contributed by atoms with Gasteiger partial charge in [0.2, 0.25) is 11.8 Å². The first-order chi connectivity index (χ1) is 11.2. The summed E-state index contributed by atoms with van der Waals surface area (Å²) in [5, 5.41) is 11.3. The average molecular weight is 331 g/mol.